The number of rotatable bonds is 4. The lowest BCUT2D eigenvalue weighted by molar-refractivity contribution is -0.144. The van der Waals surface area contributed by atoms with Crippen molar-refractivity contribution in [2.75, 3.05) is 5.73 Å². The van der Waals surface area contributed by atoms with E-state index in [1.165, 1.54) is 55.7 Å². The molecule has 0 saturated heterocycles. The van der Waals surface area contributed by atoms with E-state index in [4.69, 9.17) is 17.0 Å². The molecule has 0 spiro atoms. The fourth-order valence-corrected chi connectivity index (χ4v) is 11.9. The minimum atomic E-state index is -4.54. The number of alkyl halides is 4. The first-order chi connectivity index (χ1) is 40.6. The number of aryl methyl sites for hydroxylation is 6. The van der Waals surface area contributed by atoms with Gasteiger partial charge < -0.3 is 11.5 Å². The van der Waals surface area contributed by atoms with Gasteiger partial charge in [-0.05, 0) is 171 Å². The number of nitrogens with two attached hydrogens (primary N) is 2. The van der Waals surface area contributed by atoms with Gasteiger partial charge in [0.25, 0.3) is 0 Å². The zero-order chi connectivity index (χ0) is 61.7. The van der Waals surface area contributed by atoms with E-state index in [9.17, 15) is 13.2 Å². The Morgan fingerprint density at radius 2 is 0.871 bits per heavy atom. The van der Waals surface area contributed by atoms with Gasteiger partial charge in [0, 0.05) is 125 Å². The molecular formula is C64H55Br6F3N12. The highest BCUT2D eigenvalue weighted by Crippen LogP contribution is 2.33. The van der Waals surface area contributed by atoms with Crippen LogP contribution >= 0.6 is 95.6 Å². The number of nitrogens with zero attached hydrogens (tertiary/aromatic N) is 10. The molecule has 0 amide bonds. The normalized spacial score (nSPS) is 10.8. The molecule has 85 heavy (non-hydrogen) atoms. The molecule has 0 fully saturated rings. The van der Waals surface area contributed by atoms with E-state index >= 15 is 0 Å². The monoisotopic (exact) mass is 1520 g/mol. The zero-order valence-corrected chi connectivity index (χ0v) is 56.5. The highest BCUT2D eigenvalue weighted by atomic mass is 79.9. The Balaban J connectivity index is 0.000000148. The summed E-state index contributed by atoms with van der Waals surface area (Å²) in [5.74, 6) is -1.13. The number of pyridine rings is 5. The van der Waals surface area contributed by atoms with Crippen molar-refractivity contribution in [3.8, 4) is 0 Å². The third kappa shape index (κ3) is 16.1. The van der Waals surface area contributed by atoms with E-state index in [1.807, 2.05) is 106 Å². The Morgan fingerprint density at radius 1 is 0.471 bits per heavy atom. The van der Waals surface area contributed by atoms with Crippen molar-refractivity contribution in [3.63, 3.8) is 0 Å². The van der Waals surface area contributed by atoms with Crippen molar-refractivity contribution >= 4 is 167 Å². The summed E-state index contributed by atoms with van der Waals surface area (Å²) >= 11 is 20.8. The van der Waals surface area contributed by atoms with Gasteiger partial charge in [0.2, 0.25) is 5.82 Å². The van der Waals surface area contributed by atoms with Gasteiger partial charge in [-0.2, -0.15) is 13.2 Å². The lowest BCUT2D eigenvalue weighted by Crippen LogP contribution is -2.10. The van der Waals surface area contributed by atoms with Gasteiger partial charge in [0.05, 0.1) is 39.6 Å². The van der Waals surface area contributed by atoms with E-state index in [-0.39, 0.29) is 5.52 Å². The molecule has 0 aliphatic carbocycles. The van der Waals surface area contributed by atoms with Crippen LogP contribution in [-0.4, -0.2) is 34.9 Å². The van der Waals surface area contributed by atoms with Crippen LogP contribution in [-0.2, 0) is 24.6 Å². The van der Waals surface area contributed by atoms with Crippen molar-refractivity contribution < 1.29 is 13.2 Å². The molecule has 21 heteroatoms. The standard InChI is InChI=1S/C13H8F3N3.C11H9Br2N.C11H9BrN4.C11H11BrN2.C11H10BrN.C7H8BrN/c1-7-4-5-17-11-8(7)2-3-10-9(11)6-18-12(19-10)13(14,15)16;1-7-4-5-14-11-8(7)2-3-10(13)9(11)6-12;1-7-4-5-14-11-8(7)2-3-10(12)9(11)6-15-16-13;1-7-4-5-14-11-8(7)2-3-10(12)9(11)6-13;1-7-5-6-13-11-8(2)10(12)4-3-9(7)11;1-5-6(8)3-2-4-7(5)9/h2-6H,1H3;2-5H,6H2,1H3;2-5H,6H2,1H3;2-5H,6,13H2,1H3;3-6H,1-2H3;2-4H,9H2,1H3. The van der Waals surface area contributed by atoms with Crippen LogP contribution in [0.5, 0.6) is 0 Å². The number of aromatic nitrogens is 7. The van der Waals surface area contributed by atoms with Gasteiger partial charge >= 0.3 is 6.18 Å². The third-order valence-corrected chi connectivity index (χ3v) is 18.2. The lowest BCUT2D eigenvalue weighted by Gasteiger charge is -2.07. The fourth-order valence-electron chi connectivity index (χ4n) is 8.84. The van der Waals surface area contributed by atoms with Crippen LogP contribution in [0.3, 0.4) is 0 Å². The van der Waals surface area contributed by atoms with Gasteiger partial charge in [-0.25, -0.2) is 9.97 Å². The average Bonchev–Trinajstić information content (AvgIpc) is 3.53. The molecule has 0 aliphatic heterocycles. The average molecular weight is 1530 g/mol. The Labute approximate surface area is 540 Å². The molecule has 0 aliphatic rings. The first kappa shape index (κ1) is 66.0. The Bertz CT molecular complexity index is 4340. The second kappa shape index (κ2) is 30.2. The van der Waals surface area contributed by atoms with Crippen LogP contribution in [0.15, 0.2) is 174 Å². The minimum Gasteiger partial charge on any atom is -0.398 e. The molecule has 12 aromatic rings. The summed E-state index contributed by atoms with van der Waals surface area (Å²) in [5, 5.41) is 10.6. The Kier molecular flexibility index (Phi) is 23.4. The number of hydrogen-bond donors (Lipinski definition) is 2. The summed E-state index contributed by atoms with van der Waals surface area (Å²) in [5.41, 5.74) is 36.9. The summed E-state index contributed by atoms with van der Waals surface area (Å²) < 4.78 is 42.9. The highest BCUT2D eigenvalue weighted by molar-refractivity contribution is 9.11. The van der Waals surface area contributed by atoms with Gasteiger partial charge in [0.15, 0.2) is 0 Å². The Hall–Kier alpha value is -6.55. The second-order valence-corrected chi connectivity index (χ2v) is 24.1. The van der Waals surface area contributed by atoms with E-state index in [0.717, 1.165) is 88.5 Å². The summed E-state index contributed by atoms with van der Waals surface area (Å²) in [6.07, 6.45) is 5.57. The van der Waals surface area contributed by atoms with Crippen LogP contribution in [0.4, 0.5) is 18.9 Å². The van der Waals surface area contributed by atoms with E-state index in [2.05, 4.69) is 199 Å². The fraction of sp³-hybridized carbons (Fsp3) is 0.172. The number of halogens is 9. The van der Waals surface area contributed by atoms with Crippen molar-refractivity contribution in [2.24, 2.45) is 10.8 Å². The summed E-state index contributed by atoms with van der Waals surface area (Å²) in [6, 6.07) is 35.4. The quantitative estimate of drug-likeness (QED) is 0.0431. The molecule has 4 N–H and O–H groups in total. The van der Waals surface area contributed by atoms with Gasteiger partial charge in [-0.1, -0.05) is 137 Å². The molecule has 12 nitrogen and oxygen atoms in total. The van der Waals surface area contributed by atoms with Crippen LogP contribution in [0.25, 0.3) is 75.9 Å². The van der Waals surface area contributed by atoms with E-state index < -0.39 is 12.0 Å². The van der Waals surface area contributed by atoms with Crippen LogP contribution < -0.4 is 11.5 Å². The number of hydrogen-bond acceptors (Lipinski definition) is 10. The number of anilines is 1. The maximum Gasteiger partial charge on any atom is 0.451 e. The molecule has 0 saturated carbocycles. The maximum atomic E-state index is 12.6. The molecule has 0 unspecified atom stereocenters. The molecule has 434 valence electrons. The predicted molar refractivity (Wildman–Crippen MR) is 363 cm³/mol. The number of nitrogen functional groups attached to an aromatic ring is 1. The lowest BCUT2D eigenvalue weighted by atomic mass is 10.1. The number of benzene rings is 6. The zero-order valence-electron chi connectivity index (χ0n) is 47.0. The Morgan fingerprint density at radius 3 is 1.33 bits per heavy atom. The predicted octanol–water partition coefficient (Wildman–Crippen LogP) is 20.5. The van der Waals surface area contributed by atoms with Crippen LogP contribution in [0, 0.1) is 48.5 Å². The molecule has 0 radical (unpaired) electrons. The van der Waals surface area contributed by atoms with Gasteiger partial charge in [-0.15, -0.1) is 0 Å². The second-order valence-electron chi connectivity index (χ2n) is 19.2. The SMILES string of the molecule is Cc1c(N)cccc1Br.Cc1ccnc2c(C)c(Br)ccc12.Cc1ccnc2c(CBr)c(Br)ccc12.Cc1ccnc2c(CN)c(Br)ccc12.Cc1ccnc2c(CN=[N+]=[N-])c(Br)ccc12.Cc1ccnc2c1ccc1nc(C(F)(F)F)ncc12. The topological polar surface area (TPSA) is 191 Å². The van der Waals surface area contributed by atoms with Crippen LogP contribution in [0.1, 0.15) is 61.5 Å². The smallest absolute Gasteiger partial charge is 0.398 e. The first-order valence-corrected chi connectivity index (χ1v) is 31.1. The summed E-state index contributed by atoms with van der Waals surface area (Å²) in [7, 11) is 0. The van der Waals surface area contributed by atoms with Crippen molar-refractivity contribution in [3.05, 3.63) is 241 Å². The largest absolute Gasteiger partial charge is 0.451 e. The molecule has 0 atom stereocenters. The van der Waals surface area contributed by atoms with Crippen molar-refractivity contribution in [1.29, 1.82) is 0 Å². The molecule has 6 aromatic heterocycles. The molecule has 6 heterocycles. The molecule has 12 rings (SSSR count). The maximum absolute atomic E-state index is 12.6. The molecular weight excluding hydrogens is 1470 g/mol. The summed E-state index contributed by atoms with van der Waals surface area (Å²) in [6.45, 7) is 15.1. The number of azide groups is 1. The van der Waals surface area contributed by atoms with Gasteiger partial charge in [-0.3, -0.25) is 24.9 Å². The summed E-state index contributed by atoms with van der Waals surface area (Å²) in [4.78, 5) is 31.4. The van der Waals surface area contributed by atoms with E-state index in [1.54, 1.807) is 24.5 Å². The number of fused-ring (bicyclic) bond motifs is 7. The van der Waals surface area contributed by atoms with Gasteiger partial charge in [0.1, 0.15) is 0 Å². The van der Waals surface area contributed by atoms with Crippen LogP contribution in [0.2, 0.25) is 0 Å². The molecule has 0 bridgehead atoms. The third-order valence-electron chi connectivity index (χ3n) is 13.7. The highest BCUT2D eigenvalue weighted by Gasteiger charge is 2.34. The van der Waals surface area contributed by atoms with Crippen molar-refractivity contribution in [2.45, 2.75) is 73.1 Å². The van der Waals surface area contributed by atoms with E-state index in [0.29, 0.717) is 24.0 Å². The minimum absolute atomic E-state index is 0.243. The van der Waals surface area contributed by atoms with Crippen molar-refractivity contribution in [1.82, 2.24) is 34.9 Å². The molecule has 6 aromatic carbocycles. The first-order valence-electron chi connectivity index (χ1n) is 26.0.